The van der Waals surface area contributed by atoms with Gasteiger partial charge in [0.05, 0.1) is 27.8 Å². The predicted molar refractivity (Wildman–Crippen MR) is 103 cm³/mol. The average molecular weight is 357 g/mol. The molecule has 1 aliphatic carbocycles. The smallest absolute Gasteiger partial charge is 0.165 e. The van der Waals surface area contributed by atoms with Gasteiger partial charge in [0.25, 0.3) is 0 Å². The van der Waals surface area contributed by atoms with Gasteiger partial charge < -0.3 is 0 Å². The molecule has 27 heavy (non-hydrogen) atoms. The van der Waals surface area contributed by atoms with Crippen LogP contribution in [0.3, 0.4) is 0 Å². The van der Waals surface area contributed by atoms with Gasteiger partial charge in [-0.25, -0.2) is 9.37 Å². The minimum Gasteiger partial charge on any atom is -0.298 e. The van der Waals surface area contributed by atoms with Crippen molar-refractivity contribution in [2.24, 2.45) is 5.41 Å². The van der Waals surface area contributed by atoms with Gasteiger partial charge in [0.2, 0.25) is 0 Å². The fourth-order valence-corrected chi connectivity index (χ4v) is 4.74. The van der Waals surface area contributed by atoms with E-state index in [4.69, 9.17) is 4.98 Å². The second-order valence-electron chi connectivity index (χ2n) is 8.35. The highest BCUT2D eigenvalue weighted by Crippen LogP contribution is 2.43. The first-order valence-electron chi connectivity index (χ1n) is 9.09. The molecular weight excluding hydrogens is 341 g/mol. The molecule has 6 rings (SSSR count). The van der Waals surface area contributed by atoms with E-state index in [0.717, 1.165) is 50.3 Å². The van der Waals surface area contributed by atoms with E-state index in [-0.39, 0.29) is 17.0 Å². The summed E-state index contributed by atoms with van der Waals surface area (Å²) in [5.41, 5.74) is 4.83. The lowest BCUT2D eigenvalue weighted by Gasteiger charge is -2.30. The Balaban J connectivity index is 1.97. The largest absolute Gasteiger partial charge is 0.298 e. The Morgan fingerprint density at radius 3 is 2.74 bits per heavy atom. The molecule has 5 aromatic rings. The molecule has 0 amide bonds. The van der Waals surface area contributed by atoms with Crippen LogP contribution in [0.15, 0.2) is 36.7 Å². The molecule has 0 N–H and O–H groups in total. The van der Waals surface area contributed by atoms with Crippen LogP contribution in [-0.2, 0) is 6.42 Å². The summed E-state index contributed by atoms with van der Waals surface area (Å²) in [6.45, 7) is 4.19. The molecule has 132 valence electrons. The number of pyridine rings is 2. The molecule has 5 heteroatoms. The summed E-state index contributed by atoms with van der Waals surface area (Å²) >= 11 is 0. The first-order chi connectivity index (χ1) is 12.9. The number of halogens is 1. The van der Waals surface area contributed by atoms with E-state index >= 15 is 0 Å². The average Bonchev–Trinajstić information content (AvgIpc) is 3.03. The van der Waals surface area contributed by atoms with E-state index in [1.54, 1.807) is 12.4 Å². The monoisotopic (exact) mass is 357 g/mol. The number of aromatic nitrogens is 3. The Kier molecular flexibility index (Phi) is 2.56. The van der Waals surface area contributed by atoms with E-state index in [1.807, 2.05) is 16.5 Å². The minimum absolute atomic E-state index is 0.0887. The summed E-state index contributed by atoms with van der Waals surface area (Å²) in [5.74, 6) is -0.224. The molecule has 0 fully saturated rings. The van der Waals surface area contributed by atoms with Crippen molar-refractivity contribution in [3.05, 3.63) is 53.7 Å². The minimum atomic E-state index is -0.313. The fourth-order valence-electron chi connectivity index (χ4n) is 4.74. The van der Waals surface area contributed by atoms with Crippen molar-refractivity contribution in [2.75, 3.05) is 0 Å². The van der Waals surface area contributed by atoms with Crippen LogP contribution in [0.2, 0.25) is 0 Å². The van der Waals surface area contributed by atoms with Gasteiger partial charge in [-0.05, 0) is 42.2 Å². The Bertz CT molecular complexity index is 1430. The van der Waals surface area contributed by atoms with Crippen molar-refractivity contribution in [1.82, 2.24) is 14.4 Å². The second kappa shape index (κ2) is 4.60. The van der Waals surface area contributed by atoms with Gasteiger partial charge in [-0.1, -0.05) is 13.8 Å². The number of imidazole rings is 1. The fraction of sp³-hybridized carbons (Fsp3) is 0.227. The van der Waals surface area contributed by atoms with Gasteiger partial charge >= 0.3 is 0 Å². The normalized spacial score (nSPS) is 16.8. The quantitative estimate of drug-likeness (QED) is 0.292. The number of hydrogen-bond donors (Lipinski definition) is 0. The standard InChI is InChI=1S/C22H16FN3O/c1-22(2)8-15-19(17(27)9-22)18-12-7-11(23)3-6-16(12)26-10-24-14-5-4-13(25-15)20(18)21(14)26/h3-7,10H,8-9H2,1-2H3. The third kappa shape index (κ3) is 1.84. The molecule has 0 spiro atoms. The lowest BCUT2D eigenvalue weighted by atomic mass is 9.74. The Hall–Kier alpha value is -3.08. The first-order valence-corrected chi connectivity index (χ1v) is 9.09. The van der Waals surface area contributed by atoms with Gasteiger partial charge in [-0.15, -0.1) is 0 Å². The third-order valence-electron chi connectivity index (χ3n) is 5.78. The highest BCUT2D eigenvalue weighted by Gasteiger charge is 2.35. The lowest BCUT2D eigenvalue weighted by Crippen LogP contribution is -2.28. The Labute approximate surface area is 154 Å². The topological polar surface area (TPSA) is 47.3 Å². The van der Waals surface area contributed by atoms with E-state index in [0.29, 0.717) is 12.0 Å². The van der Waals surface area contributed by atoms with Crippen molar-refractivity contribution in [3.63, 3.8) is 0 Å². The van der Waals surface area contributed by atoms with Crippen molar-refractivity contribution in [2.45, 2.75) is 26.7 Å². The van der Waals surface area contributed by atoms with Crippen molar-refractivity contribution in [3.8, 4) is 0 Å². The maximum Gasteiger partial charge on any atom is 0.165 e. The Morgan fingerprint density at radius 1 is 1.07 bits per heavy atom. The second-order valence-corrected chi connectivity index (χ2v) is 8.35. The zero-order chi connectivity index (χ0) is 18.5. The zero-order valence-corrected chi connectivity index (χ0v) is 15.0. The number of Topliss-reactive ketones (excluding diaryl/α,β-unsaturated/α-hetero) is 1. The molecule has 0 saturated carbocycles. The van der Waals surface area contributed by atoms with E-state index in [2.05, 4.69) is 18.8 Å². The summed E-state index contributed by atoms with van der Waals surface area (Å²) in [6, 6.07) is 8.65. The van der Waals surface area contributed by atoms with Gasteiger partial charge in [0, 0.05) is 28.1 Å². The molecule has 0 aliphatic heterocycles. The van der Waals surface area contributed by atoms with Gasteiger partial charge in [-0.2, -0.15) is 0 Å². The number of benzene rings is 2. The van der Waals surface area contributed by atoms with E-state index in [9.17, 15) is 9.18 Å². The molecule has 0 bridgehead atoms. The number of carbonyl (C=O) groups excluding carboxylic acids is 1. The zero-order valence-electron chi connectivity index (χ0n) is 15.0. The number of hydrogen-bond acceptors (Lipinski definition) is 3. The van der Waals surface area contributed by atoms with Crippen LogP contribution in [0.4, 0.5) is 4.39 Å². The van der Waals surface area contributed by atoms with Crippen molar-refractivity contribution >= 4 is 44.0 Å². The van der Waals surface area contributed by atoms with Crippen LogP contribution in [0.25, 0.3) is 38.2 Å². The lowest BCUT2D eigenvalue weighted by molar-refractivity contribution is 0.0912. The molecule has 1 aliphatic rings. The summed E-state index contributed by atoms with van der Waals surface area (Å²) in [5, 5.41) is 2.46. The molecular formula is C22H16FN3O. The summed E-state index contributed by atoms with van der Waals surface area (Å²) in [6.07, 6.45) is 2.97. The van der Waals surface area contributed by atoms with Gasteiger partial charge in [0.15, 0.2) is 5.78 Å². The molecule has 4 nitrogen and oxygen atoms in total. The summed E-state index contributed by atoms with van der Waals surface area (Å²) in [4.78, 5) is 22.5. The molecule has 0 saturated heterocycles. The van der Waals surface area contributed by atoms with Crippen LogP contribution >= 0.6 is 0 Å². The van der Waals surface area contributed by atoms with E-state index in [1.165, 1.54) is 12.1 Å². The van der Waals surface area contributed by atoms with Crippen LogP contribution in [0, 0.1) is 11.2 Å². The number of carbonyl (C=O) groups is 1. The highest BCUT2D eigenvalue weighted by atomic mass is 19.1. The SMILES string of the molecule is CC1(C)CC(=O)c2c(nc3ccc4ncn5c6ccc(F)cc6c2c3c45)C1. The summed E-state index contributed by atoms with van der Waals surface area (Å²) in [7, 11) is 0. The number of rotatable bonds is 0. The number of ketones is 1. The van der Waals surface area contributed by atoms with Crippen LogP contribution in [-0.4, -0.2) is 20.2 Å². The van der Waals surface area contributed by atoms with E-state index < -0.39 is 0 Å². The number of fused-ring (bicyclic) bond motifs is 5. The van der Waals surface area contributed by atoms with Gasteiger partial charge in [-0.3, -0.25) is 14.2 Å². The van der Waals surface area contributed by atoms with Crippen LogP contribution in [0.5, 0.6) is 0 Å². The first kappa shape index (κ1) is 15.0. The molecule has 0 radical (unpaired) electrons. The molecule has 0 atom stereocenters. The third-order valence-corrected chi connectivity index (χ3v) is 5.78. The summed E-state index contributed by atoms with van der Waals surface area (Å²) < 4.78 is 16.2. The number of nitrogens with zero attached hydrogens (tertiary/aromatic N) is 3. The molecule has 2 aromatic carbocycles. The van der Waals surface area contributed by atoms with Crippen molar-refractivity contribution in [1.29, 1.82) is 0 Å². The molecule has 0 unspecified atom stereocenters. The molecule has 3 heterocycles. The van der Waals surface area contributed by atoms with Crippen LogP contribution < -0.4 is 0 Å². The Morgan fingerprint density at radius 2 is 1.89 bits per heavy atom. The van der Waals surface area contributed by atoms with Crippen molar-refractivity contribution < 1.29 is 9.18 Å². The maximum absolute atomic E-state index is 14.2. The predicted octanol–water partition coefficient (Wildman–Crippen LogP) is 4.92. The van der Waals surface area contributed by atoms with Gasteiger partial charge in [0.1, 0.15) is 12.1 Å². The maximum atomic E-state index is 14.2. The van der Waals surface area contributed by atoms with Crippen LogP contribution in [0.1, 0.15) is 36.3 Å². The molecule has 3 aromatic heterocycles. The highest BCUT2D eigenvalue weighted by molar-refractivity contribution is 6.28.